The molecule has 2 atom stereocenters. The van der Waals surface area contributed by atoms with Crippen LogP contribution in [0.4, 0.5) is 0 Å². The third kappa shape index (κ3) is 3.33. The Labute approximate surface area is 126 Å². The van der Waals surface area contributed by atoms with Crippen molar-refractivity contribution in [3.05, 3.63) is 65.2 Å². The molecule has 0 saturated heterocycles. The summed E-state index contributed by atoms with van der Waals surface area (Å²) in [5.74, 6) is 1.46. The Morgan fingerprint density at radius 3 is 2.50 bits per heavy atom. The summed E-state index contributed by atoms with van der Waals surface area (Å²) in [6.45, 7) is 2.72. The average molecular weight is 290 g/mol. The summed E-state index contributed by atoms with van der Waals surface area (Å²) in [7, 11) is 0. The lowest BCUT2D eigenvalue weighted by atomic mass is 10.1. The Kier molecular flexibility index (Phi) is 4.69. The Hall–Kier alpha value is -1.51. The van der Waals surface area contributed by atoms with Crippen LogP contribution >= 0.6 is 12.4 Å². The molecule has 0 heterocycles. The molecule has 0 radical (unpaired) electrons. The van der Waals surface area contributed by atoms with Crippen LogP contribution in [0.3, 0.4) is 0 Å². The molecule has 3 rings (SSSR count). The molecular formula is C17H20ClNO. The van der Waals surface area contributed by atoms with E-state index in [9.17, 15) is 0 Å². The molecule has 2 N–H and O–H groups in total. The summed E-state index contributed by atoms with van der Waals surface area (Å²) >= 11 is 0. The monoisotopic (exact) mass is 289 g/mol. The number of ether oxygens (including phenoxy) is 1. The number of halogens is 1. The van der Waals surface area contributed by atoms with Gasteiger partial charge >= 0.3 is 0 Å². The second-order valence-electron chi connectivity index (χ2n) is 5.32. The van der Waals surface area contributed by atoms with Crippen molar-refractivity contribution in [1.29, 1.82) is 0 Å². The zero-order chi connectivity index (χ0) is 13.2. The topological polar surface area (TPSA) is 35.2 Å². The van der Waals surface area contributed by atoms with Crippen LogP contribution in [0.15, 0.2) is 48.5 Å². The first-order chi connectivity index (χ1) is 9.24. The minimum atomic E-state index is 0. The van der Waals surface area contributed by atoms with E-state index in [2.05, 4.69) is 37.3 Å². The second-order valence-corrected chi connectivity index (χ2v) is 5.32. The van der Waals surface area contributed by atoms with Gasteiger partial charge in [-0.2, -0.15) is 0 Å². The fraction of sp³-hybridized carbons (Fsp3) is 0.294. The Bertz CT molecular complexity index is 570. The molecule has 1 saturated carbocycles. The van der Waals surface area contributed by atoms with Gasteiger partial charge in [0.1, 0.15) is 12.4 Å². The first-order valence-electron chi connectivity index (χ1n) is 6.77. The van der Waals surface area contributed by atoms with Crippen LogP contribution in [0.1, 0.15) is 29.0 Å². The molecule has 0 bridgehead atoms. The molecule has 2 aromatic rings. The standard InChI is InChI=1S/C17H19NO.ClH/c1-12-7-8-17(15(9-12)14-10-16(14)18)19-11-13-5-3-2-4-6-13;/h2-9,14,16H,10-11,18H2,1H3;1H/t14-,16+;/m0./s1. The average Bonchev–Trinajstić information content (AvgIpc) is 3.15. The van der Waals surface area contributed by atoms with E-state index in [1.54, 1.807) is 0 Å². The quantitative estimate of drug-likeness (QED) is 0.929. The van der Waals surface area contributed by atoms with E-state index in [1.807, 2.05) is 18.2 Å². The van der Waals surface area contributed by atoms with Gasteiger partial charge in [0.25, 0.3) is 0 Å². The van der Waals surface area contributed by atoms with Crippen LogP contribution in [-0.4, -0.2) is 6.04 Å². The number of nitrogens with two attached hydrogens (primary N) is 1. The van der Waals surface area contributed by atoms with Crippen molar-refractivity contribution < 1.29 is 4.74 Å². The van der Waals surface area contributed by atoms with Crippen LogP contribution < -0.4 is 10.5 Å². The number of aryl methyl sites for hydroxylation is 1. The van der Waals surface area contributed by atoms with Gasteiger partial charge < -0.3 is 10.5 Å². The van der Waals surface area contributed by atoms with Crippen molar-refractivity contribution in [3.8, 4) is 5.75 Å². The van der Waals surface area contributed by atoms with E-state index in [0.717, 1.165) is 12.2 Å². The Morgan fingerprint density at radius 1 is 1.15 bits per heavy atom. The predicted octanol–water partition coefficient (Wildman–Crippen LogP) is 3.81. The van der Waals surface area contributed by atoms with Gasteiger partial charge in [-0.15, -0.1) is 12.4 Å². The Morgan fingerprint density at radius 2 is 1.85 bits per heavy atom. The maximum atomic E-state index is 5.97. The van der Waals surface area contributed by atoms with Gasteiger partial charge in [0, 0.05) is 12.0 Å². The van der Waals surface area contributed by atoms with E-state index in [4.69, 9.17) is 10.5 Å². The molecule has 0 unspecified atom stereocenters. The highest BCUT2D eigenvalue weighted by atomic mass is 35.5. The molecule has 1 aliphatic carbocycles. The zero-order valence-electron chi connectivity index (χ0n) is 11.6. The predicted molar refractivity (Wildman–Crippen MR) is 84.5 cm³/mol. The highest BCUT2D eigenvalue weighted by Crippen LogP contribution is 2.43. The van der Waals surface area contributed by atoms with Crippen LogP contribution in [0.2, 0.25) is 0 Å². The van der Waals surface area contributed by atoms with Crippen molar-refractivity contribution in [2.75, 3.05) is 0 Å². The molecule has 0 amide bonds. The number of hydrogen-bond donors (Lipinski definition) is 1. The van der Waals surface area contributed by atoms with Gasteiger partial charge in [0.05, 0.1) is 0 Å². The van der Waals surface area contributed by atoms with E-state index in [-0.39, 0.29) is 12.4 Å². The lowest BCUT2D eigenvalue weighted by molar-refractivity contribution is 0.303. The minimum absolute atomic E-state index is 0. The van der Waals surface area contributed by atoms with Crippen molar-refractivity contribution in [3.63, 3.8) is 0 Å². The fourth-order valence-corrected chi connectivity index (χ4v) is 2.40. The lowest BCUT2D eigenvalue weighted by Gasteiger charge is -2.12. The zero-order valence-corrected chi connectivity index (χ0v) is 12.4. The third-order valence-electron chi connectivity index (χ3n) is 3.64. The summed E-state index contributed by atoms with van der Waals surface area (Å²) in [5, 5.41) is 0. The molecule has 20 heavy (non-hydrogen) atoms. The largest absolute Gasteiger partial charge is 0.489 e. The van der Waals surface area contributed by atoms with Gasteiger partial charge in [-0.05, 0) is 30.5 Å². The van der Waals surface area contributed by atoms with Gasteiger partial charge in [-0.3, -0.25) is 0 Å². The molecule has 0 spiro atoms. The molecular weight excluding hydrogens is 270 g/mol. The van der Waals surface area contributed by atoms with E-state index >= 15 is 0 Å². The van der Waals surface area contributed by atoms with Gasteiger partial charge in [-0.1, -0.05) is 48.0 Å². The van der Waals surface area contributed by atoms with E-state index in [0.29, 0.717) is 18.6 Å². The normalized spacial score (nSPS) is 20.1. The maximum absolute atomic E-state index is 5.97. The second kappa shape index (κ2) is 6.29. The van der Waals surface area contributed by atoms with Crippen molar-refractivity contribution in [2.24, 2.45) is 5.73 Å². The highest BCUT2D eigenvalue weighted by molar-refractivity contribution is 5.85. The van der Waals surface area contributed by atoms with Crippen molar-refractivity contribution in [2.45, 2.75) is 31.9 Å². The summed E-state index contributed by atoms with van der Waals surface area (Å²) in [5.41, 5.74) is 9.69. The molecule has 0 aliphatic heterocycles. The molecule has 1 aliphatic rings. The molecule has 2 nitrogen and oxygen atoms in total. The highest BCUT2D eigenvalue weighted by Gasteiger charge is 2.36. The van der Waals surface area contributed by atoms with E-state index in [1.165, 1.54) is 16.7 Å². The van der Waals surface area contributed by atoms with Crippen LogP contribution in [-0.2, 0) is 6.61 Å². The minimum Gasteiger partial charge on any atom is -0.489 e. The van der Waals surface area contributed by atoms with Gasteiger partial charge in [0.2, 0.25) is 0 Å². The molecule has 3 heteroatoms. The Balaban J connectivity index is 0.00000147. The van der Waals surface area contributed by atoms with Crippen molar-refractivity contribution in [1.82, 2.24) is 0 Å². The van der Waals surface area contributed by atoms with Crippen molar-refractivity contribution >= 4 is 12.4 Å². The SMILES string of the molecule is Cc1ccc(OCc2ccccc2)c([C@@H]2C[C@H]2N)c1.Cl. The van der Waals surface area contributed by atoms with Crippen LogP contribution in [0, 0.1) is 6.92 Å². The first kappa shape index (κ1) is 14.9. The number of rotatable bonds is 4. The third-order valence-corrected chi connectivity index (χ3v) is 3.64. The fourth-order valence-electron chi connectivity index (χ4n) is 2.40. The number of benzene rings is 2. The maximum Gasteiger partial charge on any atom is 0.123 e. The molecule has 2 aromatic carbocycles. The van der Waals surface area contributed by atoms with Gasteiger partial charge in [-0.25, -0.2) is 0 Å². The molecule has 0 aromatic heterocycles. The summed E-state index contributed by atoms with van der Waals surface area (Å²) in [4.78, 5) is 0. The summed E-state index contributed by atoms with van der Waals surface area (Å²) in [6, 6.07) is 16.9. The first-order valence-corrected chi connectivity index (χ1v) is 6.77. The molecule has 1 fully saturated rings. The summed E-state index contributed by atoms with van der Waals surface area (Å²) in [6.07, 6.45) is 1.07. The van der Waals surface area contributed by atoms with E-state index < -0.39 is 0 Å². The number of hydrogen-bond acceptors (Lipinski definition) is 2. The smallest absolute Gasteiger partial charge is 0.123 e. The van der Waals surface area contributed by atoms with Gasteiger partial charge in [0.15, 0.2) is 0 Å². The summed E-state index contributed by atoms with van der Waals surface area (Å²) < 4.78 is 5.97. The van der Waals surface area contributed by atoms with Crippen LogP contribution in [0.5, 0.6) is 5.75 Å². The van der Waals surface area contributed by atoms with Crippen LogP contribution in [0.25, 0.3) is 0 Å². The lowest BCUT2D eigenvalue weighted by Crippen LogP contribution is -2.04. The molecule has 106 valence electrons.